The van der Waals surface area contributed by atoms with Gasteiger partial charge in [0.1, 0.15) is 11.3 Å². The second-order valence-corrected chi connectivity index (χ2v) is 9.19. The van der Waals surface area contributed by atoms with Gasteiger partial charge >= 0.3 is 0 Å². The van der Waals surface area contributed by atoms with Gasteiger partial charge in [-0.25, -0.2) is 14.4 Å². The third kappa shape index (κ3) is 5.37. The van der Waals surface area contributed by atoms with E-state index in [4.69, 9.17) is 32.4 Å². The zero-order valence-electron chi connectivity index (χ0n) is 21.1. The van der Waals surface area contributed by atoms with E-state index in [0.29, 0.717) is 66.2 Å². The van der Waals surface area contributed by atoms with E-state index in [1.54, 1.807) is 26.4 Å². The number of methoxy groups -OCH3 is 2. The Balaban J connectivity index is 1.33. The topological polar surface area (TPSA) is 102 Å². The van der Waals surface area contributed by atoms with Crippen LogP contribution in [0.2, 0.25) is 0 Å². The molecule has 196 valence electrons. The molecule has 2 aromatic heterocycles. The Bertz CT molecular complexity index is 1460. The molecule has 1 aliphatic rings. The van der Waals surface area contributed by atoms with Crippen molar-refractivity contribution in [2.24, 2.45) is 0 Å². The van der Waals surface area contributed by atoms with Crippen LogP contribution in [0.25, 0.3) is 22.3 Å². The molecule has 9 nitrogen and oxygen atoms in total. The lowest BCUT2D eigenvalue weighted by molar-refractivity contribution is 0.355. The summed E-state index contributed by atoms with van der Waals surface area (Å²) in [5.74, 6) is 1.92. The lowest BCUT2D eigenvalue weighted by atomic mass is 10.1. The number of nitrogens with two attached hydrogens (primary N) is 1. The molecule has 0 atom stereocenters. The molecule has 11 heteroatoms. The predicted molar refractivity (Wildman–Crippen MR) is 150 cm³/mol. The van der Waals surface area contributed by atoms with Gasteiger partial charge in [-0.05, 0) is 60.2 Å². The number of fused-ring (bicyclic) bond motifs is 1. The maximum atomic E-state index is 13.2. The number of anilines is 2. The number of pyridine rings is 1. The minimum absolute atomic E-state index is 0.201. The fourth-order valence-electron chi connectivity index (χ4n) is 4.41. The second kappa shape index (κ2) is 11.0. The van der Waals surface area contributed by atoms with Crippen LogP contribution in [0.5, 0.6) is 11.5 Å². The van der Waals surface area contributed by atoms with Gasteiger partial charge in [0, 0.05) is 38.3 Å². The highest BCUT2D eigenvalue weighted by Gasteiger charge is 2.23. The van der Waals surface area contributed by atoms with Crippen LogP contribution in [0.15, 0.2) is 54.6 Å². The third-order valence-electron chi connectivity index (χ3n) is 6.44. The molecule has 1 aliphatic heterocycles. The summed E-state index contributed by atoms with van der Waals surface area (Å²) >= 11 is 5.61. The van der Waals surface area contributed by atoms with Crippen LogP contribution in [0.4, 0.5) is 16.2 Å². The summed E-state index contributed by atoms with van der Waals surface area (Å²) in [6.07, 6.45) is 0. The van der Waals surface area contributed by atoms with Crippen LogP contribution < -0.4 is 25.4 Å². The van der Waals surface area contributed by atoms with E-state index in [0.717, 1.165) is 16.8 Å². The van der Waals surface area contributed by atoms with Gasteiger partial charge in [0.2, 0.25) is 5.95 Å². The largest absolute Gasteiger partial charge is 0.493 e. The summed E-state index contributed by atoms with van der Waals surface area (Å²) in [5, 5.41) is 3.93. The molecule has 0 bridgehead atoms. The van der Waals surface area contributed by atoms with Crippen molar-refractivity contribution < 1.29 is 13.9 Å². The summed E-state index contributed by atoms with van der Waals surface area (Å²) in [4.78, 5) is 18.2. The monoisotopic (exact) mass is 533 g/mol. The van der Waals surface area contributed by atoms with Gasteiger partial charge in [-0.2, -0.15) is 4.98 Å². The first-order chi connectivity index (χ1) is 18.4. The minimum atomic E-state index is -0.254. The first kappa shape index (κ1) is 25.4. The highest BCUT2D eigenvalue weighted by molar-refractivity contribution is 7.80. The van der Waals surface area contributed by atoms with E-state index in [9.17, 15) is 4.39 Å². The summed E-state index contributed by atoms with van der Waals surface area (Å²) in [7, 11) is 3.21. The normalized spacial score (nSPS) is 13.4. The number of piperazine rings is 1. The number of hydrogen-bond acceptors (Lipinski definition) is 8. The number of nitrogens with one attached hydrogen (secondary N) is 1. The van der Waals surface area contributed by atoms with E-state index < -0.39 is 0 Å². The molecule has 3 N–H and O–H groups in total. The highest BCUT2D eigenvalue weighted by atomic mass is 32.1. The van der Waals surface area contributed by atoms with E-state index >= 15 is 0 Å². The van der Waals surface area contributed by atoms with Crippen LogP contribution in [0, 0.1) is 5.82 Å². The number of ether oxygens (including phenoxy) is 2. The number of benzene rings is 2. The summed E-state index contributed by atoms with van der Waals surface area (Å²) in [5.41, 5.74) is 10.0. The molecule has 38 heavy (non-hydrogen) atoms. The second-order valence-electron chi connectivity index (χ2n) is 8.80. The summed E-state index contributed by atoms with van der Waals surface area (Å²) in [6.45, 7) is 3.32. The summed E-state index contributed by atoms with van der Waals surface area (Å²) < 4.78 is 24.0. The minimum Gasteiger partial charge on any atom is -0.493 e. The van der Waals surface area contributed by atoms with E-state index in [1.165, 1.54) is 12.1 Å². The maximum absolute atomic E-state index is 13.2. The number of thiocarbonyl (C=S) groups is 1. The maximum Gasteiger partial charge on any atom is 0.222 e. The lowest BCUT2D eigenvalue weighted by Crippen LogP contribution is -2.51. The molecule has 4 aromatic rings. The number of hydrogen-bond donors (Lipinski definition) is 2. The van der Waals surface area contributed by atoms with Crippen molar-refractivity contribution in [1.82, 2.24) is 25.2 Å². The lowest BCUT2D eigenvalue weighted by Gasteiger charge is -2.37. The Morgan fingerprint density at radius 2 is 1.68 bits per heavy atom. The fourth-order valence-corrected chi connectivity index (χ4v) is 4.66. The Morgan fingerprint density at radius 3 is 2.39 bits per heavy atom. The summed E-state index contributed by atoms with van der Waals surface area (Å²) in [6, 6.07) is 15.9. The third-order valence-corrected chi connectivity index (χ3v) is 6.85. The average molecular weight is 534 g/mol. The molecular formula is C27H28FN7O2S. The van der Waals surface area contributed by atoms with Gasteiger partial charge in [-0.15, -0.1) is 0 Å². The molecule has 0 radical (unpaired) electrons. The SMILES string of the molecule is COc1ccc(-c2ccc3nc(N)nc(N4CCN(C(=S)NCc5ccc(F)cc5)CC4)c3n2)cc1OC. The molecule has 0 unspecified atom stereocenters. The van der Waals surface area contributed by atoms with Gasteiger partial charge in [0.15, 0.2) is 22.4 Å². The van der Waals surface area contributed by atoms with Crippen molar-refractivity contribution in [2.75, 3.05) is 51.0 Å². The molecule has 0 amide bonds. The quantitative estimate of drug-likeness (QED) is 0.357. The van der Waals surface area contributed by atoms with Crippen LogP contribution in [-0.2, 0) is 6.54 Å². The van der Waals surface area contributed by atoms with Crippen LogP contribution >= 0.6 is 12.2 Å². The van der Waals surface area contributed by atoms with Crippen molar-refractivity contribution in [2.45, 2.75) is 6.54 Å². The van der Waals surface area contributed by atoms with Crippen LogP contribution in [-0.4, -0.2) is 65.4 Å². The van der Waals surface area contributed by atoms with Crippen molar-refractivity contribution >= 4 is 40.1 Å². The smallest absolute Gasteiger partial charge is 0.222 e. The first-order valence-electron chi connectivity index (χ1n) is 12.1. The molecule has 3 heterocycles. The van der Waals surface area contributed by atoms with E-state index in [1.807, 2.05) is 30.3 Å². The van der Waals surface area contributed by atoms with Crippen molar-refractivity contribution in [3.05, 3.63) is 66.0 Å². The van der Waals surface area contributed by atoms with Gasteiger partial charge in [0.05, 0.1) is 25.4 Å². The molecule has 1 saturated heterocycles. The van der Waals surface area contributed by atoms with Gasteiger partial charge in [0.25, 0.3) is 0 Å². The van der Waals surface area contributed by atoms with Gasteiger partial charge in [-0.1, -0.05) is 12.1 Å². The Hall–Kier alpha value is -4.25. The van der Waals surface area contributed by atoms with E-state index in [2.05, 4.69) is 25.1 Å². The Morgan fingerprint density at radius 1 is 0.947 bits per heavy atom. The zero-order valence-corrected chi connectivity index (χ0v) is 22.0. The fraction of sp³-hybridized carbons (Fsp3) is 0.259. The van der Waals surface area contributed by atoms with Gasteiger partial charge < -0.3 is 30.3 Å². The molecule has 0 saturated carbocycles. The van der Waals surface area contributed by atoms with Crippen molar-refractivity contribution in [1.29, 1.82) is 0 Å². The average Bonchev–Trinajstić information content (AvgIpc) is 2.95. The van der Waals surface area contributed by atoms with Crippen LogP contribution in [0.3, 0.4) is 0 Å². The van der Waals surface area contributed by atoms with E-state index in [-0.39, 0.29) is 11.8 Å². The number of halogens is 1. The Kier molecular flexibility index (Phi) is 7.36. The Labute approximate surface area is 225 Å². The standard InChI is InChI=1S/C27H28FN7O2S/c1-36-22-10-5-18(15-23(22)37-2)20-8-9-21-24(31-20)25(33-26(29)32-21)34-11-13-35(14-12-34)27(38)30-16-17-3-6-19(28)7-4-17/h3-10,15H,11-14,16H2,1-2H3,(H,30,38)(H2,29,32,33). The molecule has 0 aliphatic carbocycles. The molecule has 0 spiro atoms. The number of nitrogen functional groups attached to an aromatic ring is 1. The molecule has 1 fully saturated rings. The van der Waals surface area contributed by atoms with Crippen molar-refractivity contribution in [3.63, 3.8) is 0 Å². The number of aromatic nitrogens is 3. The predicted octanol–water partition coefficient (Wildman–Crippen LogP) is 3.63. The molecule has 2 aromatic carbocycles. The highest BCUT2D eigenvalue weighted by Crippen LogP contribution is 2.33. The van der Waals surface area contributed by atoms with Gasteiger partial charge in [-0.3, -0.25) is 0 Å². The zero-order chi connectivity index (χ0) is 26.6. The molecule has 5 rings (SSSR count). The molecular weight excluding hydrogens is 505 g/mol. The van der Waals surface area contributed by atoms with Crippen LogP contribution in [0.1, 0.15) is 5.56 Å². The number of rotatable bonds is 6. The number of nitrogens with zero attached hydrogens (tertiary/aromatic N) is 5. The first-order valence-corrected chi connectivity index (χ1v) is 12.5. The van der Waals surface area contributed by atoms with Crippen molar-refractivity contribution in [3.8, 4) is 22.8 Å².